The maximum absolute atomic E-state index is 13.0. The molecule has 0 aromatic heterocycles. The van der Waals surface area contributed by atoms with E-state index in [0.29, 0.717) is 5.75 Å². The molecule has 1 unspecified atom stereocenters. The molecular weight excluding hydrogens is 432 g/mol. The molecule has 10 nitrogen and oxygen atoms in total. The third-order valence-corrected chi connectivity index (χ3v) is 4.91. The second-order valence-electron chi connectivity index (χ2n) is 7.00. The molecule has 0 saturated heterocycles. The maximum atomic E-state index is 13.0. The number of rotatable bonds is 8. The molecule has 0 saturated carbocycles. The van der Waals surface area contributed by atoms with E-state index in [-0.39, 0.29) is 41.3 Å². The van der Waals surface area contributed by atoms with Gasteiger partial charge in [-0.05, 0) is 24.6 Å². The van der Waals surface area contributed by atoms with Crippen molar-refractivity contribution in [1.29, 1.82) is 0 Å². The number of non-ortho nitro benzene ring substituents is 1. The summed E-state index contributed by atoms with van der Waals surface area (Å²) >= 11 is 0. The number of aliphatic hydroxyl groups is 1. The van der Waals surface area contributed by atoms with Crippen LogP contribution in [0.3, 0.4) is 0 Å². The molecule has 2 N–H and O–H groups in total. The van der Waals surface area contributed by atoms with Gasteiger partial charge < -0.3 is 24.6 Å². The summed E-state index contributed by atoms with van der Waals surface area (Å²) in [5, 5.41) is 24.0. The lowest BCUT2D eigenvalue weighted by atomic mass is 9.80. The zero-order valence-corrected chi connectivity index (χ0v) is 17.9. The lowest BCUT2D eigenvalue weighted by Crippen LogP contribution is -2.37. The van der Waals surface area contributed by atoms with E-state index in [9.17, 15) is 24.8 Å². The van der Waals surface area contributed by atoms with Gasteiger partial charge in [-0.15, -0.1) is 0 Å². The first-order valence-electron chi connectivity index (χ1n) is 9.92. The number of nitrogens with zero attached hydrogens (tertiary/aromatic N) is 1. The van der Waals surface area contributed by atoms with E-state index < -0.39 is 28.7 Å². The Morgan fingerprint density at radius 3 is 2.55 bits per heavy atom. The molecule has 0 radical (unpaired) electrons. The Morgan fingerprint density at radius 2 is 1.88 bits per heavy atom. The van der Waals surface area contributed by atoms with Gasteiger partial charge in [-0.3, -0.25) is 14.9 Å². The first-order valence-corrected chi connectivity index (χ1v) is 9.92. The zero-order valence-electron chi connectivity index (χ0n) is 17.9. The van der Waals surface area contributed by atoms with E-state index >= 15 is 0 Å². The molecule has 1 aliphatic rings. The fraction of sp³-hybridized carbons (Fsp3) is 0.217. The highest BCUT2D eigenvalue weighted by Crippen LogP contribution is 2.39. The van der Waals surface area contributed by atoms with Gasteiger partial charge >= 0.3 is 5.97 Å². The number of nitro groups is 1. The molecule has 0 bridgehead atoms. The van der Waals surface area contributed by atoms with Crippen LogP contribution in [-0.4, -0.2) is 42.2 Å². The summed E-state index contributed by atoms with van der Waals surface area (Å²) in [4.78, 5) is 36.3. The first kappa shape index (κ1) is 23.3. The quantitative estimate of drug-likeness (QED) is 0.155. The average molecular weight is 454 g/mol. The fourth-order valence-corrected chi connectivity index (χ4v) is 3.44. The van der Waals surface area contributed by atoms with Crippen molar-refractivity contribution in [1.82, 2.24) is 5.32 Å². The van der Waals surface area contributed by atoms with Gasteiger partial charge in [0.15, 0.2) is 0 Å². The number of para-hydroxylation sites is 1. The van der Waals surface area contributed by atoms with Gasteiger partial charge in [0.25, 0.3) is 17.5 Å². The highest BCUT2D eigenvalue weighted by atomic mass is 16.6. The number of carbonyl (C=O) groups excluding carboxylic acids is 2. The molecule has 1 amide bonds. The highest BCUT2D eigenvalue weighted by Gasteiger charge is 2.40. The van der Waals surface area contributed by atoms with Crippen molar-refractivity contribution in [2.24, 2.45) is 0 Å². The van der Waals surface area contributed by atoms with Crippen molar-refractivity contribution < 1.29 is 33.8 Å². The second-order valence-corrected chi connectivity index (χ2v) is 7.00. The first-order chi connectivity index (χ1) is 15.8. The third-order valence-electron chi connectivity index (χ3n) is 4.91. The lowest BCUT2D eigenvalue weighted by Gasteiger charge is -2.29. The predicted molar refractivity (Wildman–Crippen MR) is 116 cm³/mol. The normalized spacial score (nSPS) is 17.2. The predicted octanol–water partition coefficient (Wildman–Crippen LogP) is 3.12. The molecule has 0 fully saturated rings. The average Bonchev–Trinajstić information content (AvgIpc) is 2.81. The molecule has 0 aliphatic carbocycles. The number of ether oxygens (including phenoxy) is 3. The Kier molecular flexibility index (Phi) is 7.29. The van der Waals surface area contributed by atoms with Crippen LogP contribution in [0.5, 0.6) is 5.75 Å². The van der Waals surface area contributed by atoms with E-state index in [0.717, 1.165) is 7.11 Å². The summed E-state index contributed by atoms with van der Waals surface area (Å²) < 4.78 is 15.7. The summed E-state index contributed by atoms with van der Waals surface area (Å²) in [6.45, 7) is 1.50. The zero-order chi connectivity index (χ0) is 24.0. The molecule has 3 rings (SSSR count). The standard InChI is InChI=1S/C23H22N2O8/c1-14-18(23(28)33-12-11-32-17-9-4-3-5-10-17)19(20(21(26)24-14)22(27)31-2)15-7-6-8-16(13-15)25(29)30/h3-10,13,19,27H,11-12H2,1-2H3,(H,24,26). The number of methoxy groups -OCH3 is 1. The number of hydrogen-bond acceptors (Lipinski definition) is 8. The fourth-order valence-electron chi connectivity index (χ4n) is 3.44. The number of allylic oxidation sites excluding steroid dienone is 1. The van der Waals surface area contributed by atoms with Crippen molar-refractivity contribution in [2.75, 3.05) is 20.3 Å². The molecule has 10 heteroatoms. The van der Waals surface area contributed by atoms with E-state index in [4.69, 9.17) is 14.2 Å². The van der Waals surface area contributed by atoms with Crippen LogP contribution in [0.4, 0.5) is 5.69 Å². The minimum Gasteiger partial charge on any atom is -0.490 e. The Labute approximate surface area is 189 Å². The topological polar surface area (TPSA) is 137 Å². The monoisotopic (exact) mass is 454 g/mol. The van der Waals surface area contributed by atoms with Crippen LogP contribution in [0.15, 0.2) is 77.4 Å². The van der Waals surface area contributed by atoms with E-state index in [1.165, 1.54) is 31.2 Å². The van der Waals surface area contributed by atoms with Gasteiger partial charge in [0.2, 0.25) is 0 Å². The smallest absolute Gasteiger partial charge is 0.336 e. The number of nitrogens with one attached hydrogen (secondary N) is 1. The lowest BCUT2D eigenvalue weighted by molar-refractivity contribution is -0.384. The molecule has 33 heavy (non-hydrogen) atoms. The molecular formula is C23H22N2O8. The Morgan fingerprint density at radius 1 is 1.15 bits per heavy atom. The van der Waals surface area contributed by atoms with Crippen LogP contribution in [0.25, 0.3) is 0 Å². The van der Waals surface area contributed by atoms with Gasteiger partial charge in [0, 0.05) is 17.8 Å². The SMILES string of the molecule is COC(O)=C1C(=O)NC(C)=C(C(=O)OCCOc2ccccc2)C1c1cccc([N+](=O)[O-])c1. The molecule has 172 valence electrons. The number of aliphatic hydroxyl groups excluding tert-OH is 1. The Bertz CT molecular complexity index is 1120. The van der Waals surface area contributed by atoms with E-state index in [1.54, 1.807) is 24.3 Å². The summed E-state index contributed by atoms with van der Waals surface area (Å²) in [7, 11) is 1.16. The molecule has 1 aliphatic heterocycles. The highest BCUT2D eigenvalue weighted by molar-refractivity contribution is 6.04. The molecule has 1 heterocycles. The largest absolute Gasteiger partial charge is 0.490 e. The number of hydrogen-bond donors (Lipinski definition) is 2. The van der Waals surface area contributed by atoms with Crippen LogP contribution >= 0.6 is 0 Å². The van der Waals surface area contributed by atoms with Crippen LogP contribution in [0, 0.1) is 10.1 Å². The van der Waals surface area contributed by atoms with Crippen molar-refractivity contribution in [2.45, 2.75) is 12.8 Å². The van der Waals surface area contributed by atoms with E-state index in [1.807, 2.05) is 6.07 Å². The molecule has 0 spiro atoms. The number of carbonyl (C=O) groups is 2. The van der Waals surface area contributed by atoms with Crippen molar-refractivity contribution in [3.63, 3.8) is 0 Å². The number of amides is 1. The van der Waals surface area contributed by atoms with Crippen LogP contribution in [-0.2, 0) is 19.1 Å². The van der Waals surface area contributed by atoms with Gasteiger partial charge in [-0.25, -0.2) is 4.79 Å². The molecule has 2 aromatic rings. The van der Waals surface area contributed by atoms with Gasteiger partial charge in [0.1, 0.15) is 24.5 Å². The summed E-state index contributed by atoms with van der Waals surface area (Å²) in [6.07, 6.45) is 0. The minimum absolute atomic E-state index is 0.00779. The molecule has 2 aromatic carbocycles. The molecule has 1 atom stereocenters. The van der Waals surface area contributed by atoms with Crippen LogP contribution in [0.2, 0.25) is 0 Å². The van der Waals surface area contributed by atoms with E-state index in [2.05, 4.69) is 5.32 Å². The van der Waals surface area contributed by atoms with Crippen molar-refractivity contribution in [3.8, 4) is 5.75 Å². The van der Waals surface area contributed by atoms with Crippen molar-refractivity contribution >= 4 is 17.6 Å². The van der Waals surface area contributed by atoms with Gasteiger partial charge in [0.05, 0.1) is 23.5 Å². The minimum atomic E-state index is -1.15. The Hall–Kier alpha value is -4.34. The summed E-state index contributed by atoms with van der Waals surface area (Å²) in [5.41, 5.74) is -0.0662. The van der Waals surface area contributed by atoms with Gasteiger partial charge in [-0.2, -0.15) is 0 Å². The van der Waals surface area contributed by atoms with Crippen LogP contribution in [0.1, 0.15) is 18.4 Å². The summed E-state index contributed by atoms with van der Waals surface area (Å²) in [5.74, 6) is -2.73. The number of benzene rings is 2. The second kappa shape index (κ2) is 10.3. The third kappa shape index (κ3) is 5.29. The summed E-state index contributed by atoms with van der Waals surface area (Å²) in [6, 6.07) is 14.4. The Balaban J connectivity index is 1.91. The number of esters is 1. The van der Waals surface area contributed by atoms with Gasteiger partial charge in [-0.1, -0.05) is 30.3 Å². The maximum Gasteiger partial charge on any atom is 0.336 e. The van der Waals surface area contributed by atoms with Crippen LogP contribution < -0.4 is 10.1 Å². The number of nitro benzene ring substituents is 1. The van der Waals surface area contributed by atoms with Crippen molar-refractivity contribution in [3.05, 3.63) is 93.1 Å².